The average molecular weight is 336 g/mol. The first kappa shape index (κ1) is 18.7. The van der Waals surface area contributed by atoms with Crippen LogP contribution in [-0.4, -0.2) is 63.6 Å². The smallest absolute Gasteiger partial charge is 0.410 e. The van der Waals surface area contributed by atoms with Gasteiger partial charge in [0.25, 0.3) is 0 Å². The summed E-state index contributed by atoms with van der Waals surface area (Å²) >= 11 is 0. The number of morpholine rings is 1. The fourth-order valence-electron chi connectivity index (χ4n) is 2.65. The molecule has 1 N–H and O–H groups in total. The molecule has 6 heteroatoms. The first-order valence-electron chi connectivity index (χ1n) is 8.46. The second-order valence-electron chi connectivity index (χ2n) is 6.20. The van der Waals surface area contributed by atoms with E-state index in [2.05, 4.69) is 12.2 Å². The van der Waals surface area contributed by atoms with Gasteiger partial charge in [0.1, 0.15) is 6.61 Å². The molecule has 0 aromatic heterocycles. The minimum Gasteiger partial charge on any atom is -0.445 e. The summed E-state index contributed by atoms with van der Waals surface area (Å²) in [5.41, 5.74) is 0.990. The molecule has 24 heavy (non-hydrogen) atoms. The molecule has 0 saturated carbocycles. The van der Waals surface area contributed by atoms with Crippen LogP contribution in [0.2, 0.25) is 0 Å². The van der Waals surface area contributed by atoms with Gasteiger partial charge in [-0.25, -0.2) is 4.79 Å². The van der Waals surface area contributed by atoms with Crippen molar-refractivity contribution in [3.63, 3.8) is 0 Å². The summed E-state index contributed by atoms with van der Waals surface area (Å²) in [7, 11) is 1.71. The van der Waals surface area contributed by atoms with Crippen LogP contribution in [0.25, 0.3) is 0 Å². The van der Waals surface area contributed by atoms with Crippen LogP contribution in [0.1, 0.15) is 12.5 Å². The Morgan fingerprint density at radius 2 is 2.21 bits per heavy atom. The minimum atomic E-state index is -0.278. The van der Waals surface area contributed by atoms with Crippen LogP contribution in [0.15, 0.2) is 30.3 Å². The second-order valence-corrected chi connectivity index (χ2v) is 6.20. The largest absolute Gasteiger partial charge is 0.445 e. The van der Waals surface area contributed by atoms with Crippen LogP contribution in [0, 0.1) is 5.92 Å². The van der Waals surface area contributed by atoms with Crippen molar-refractivity contribution in [1.29, 1.82) is 0 Å². The molecule has 1 heterocycles. The van der Waals surface area contributed by atoms with E-state index in [-0.39, 0.29) is 12.2 Å². The summed E-state index contributed by atoms with van der Waals surface area (Å²) in [6.07, 6.45) is -0.280. The molecule has 1 fully saturated rings. The zero-order chi connectivity index (χ0) is 17.2. The standard InChI is InChI=1S/C18H28N2O4/c1-15(13-22-2)10-19-11-17-12-20(8-9-23-17)18(21)24-14-16-6-4-3-5-7-16/h3-7,15,17,19H,8-14H2,1-2H3. The Kier molecular flexibility index (Phi) is 8.01. The number of hydrogen-bond donors (Lipinski definition) is 1. The molecule has 1 aromatic rings. The van der Waals surface area contributed by atoms with E-state index in [1.54, 1.807) is 12.0 Å². The van der Waals surface area contributed by atoms with Crippen molar-refractivity contribution >= 4 is 6.09 Å². The number of nitrogens with one attached hydrogen (secondary N) is 1. The van der Waals surface area contributed by atoms with Crippen LogP contribution in [0.5, 0.6) is 0 Å². The third kappa shape index (κ3) is 6.47. The van der Waals surface area contributed by atoms with Crippen LogP contribution < -0.4 is 5.32 Å². The molecule has 0 aliphatic carbocycles. The third-order valence-corrected chi connectivity index (χ3v) is 3.92. The van der Waals surface area contributed by atoms with Crippen LogP contribution in [0.3, 0.4) is 0 Å². The molecule has 1 amide bonds. The summed E-state index contributed by atoms with van der Waals surface area (Å²) in [5, 5.41) is 3.37. The number of carbonyl (C=O) groups excluding carboxylic acids is 1. The molecular weight excluding hydrogens is 308 g/mol. The molecule has 0 radical (unpaired) electrons. The predicted octanol–water partition coefficient (Wildman–Crippen LogP) is 1.90. The van der Waals surface area contributed by atoms with E-state index < -0.39 is 0 Å². The van der Waals surface area contributed by atoms with Crippen LogP contribution in [-0.2, 0) is 20.8 Å². The highest BCUT2D eigenvalue weighted by molar-refractivity contribution is 5.67. The SMILES string of the molecule is COCC(C)CNCC1CN(C(=O)OCc2ccccc2)CCO1. The van der Waals surface area contributed by atoms with E-state index in [4.69, 9.17) is 14.2 Å². The molecule has 1 aliphatic heterocycles. The van der Waals surface area contributed by atoms with Gasteiger partial charge in [0.05, 0.1) is 19.3 Å². The number of nitrogens with zero attached hydrogens (tertiary/aromatic N) is 1. The maximum atomic E-state index is 12.2. The van der Waals surface area contributed by atoms with E-state index in [1.165, 1.54) is 0 Å². The van der Waals surface area contributed by atoms with Gasteiger partial charge in [0.2, 0.25) is 0 Å². The maximum Gasteiger partial charge on any atom is 0.410 e. The lowest BCUT2D eigenvalue weighted by Gasteiger charge is -2.32. The zero-order valence-electron chi connectivity index (χ0n) is 14.6. The normalized spacial score (nSPS) is 19.1. The van der Waals surface area contributed by atoms with E-state index in [1.807, 2.05) is 30.3 Å². The van der Waals surface area contributed by atoms with Crippen molar-refractivity contribution in [1.82, 2.24) is 10.2 Å². The topological polar surface area (TPSA) is 60.0 Å². The van der Waals surface area contributed by atoms with Gasteiger partial charge in [-0.3, -0.25) is 0 Å². The van der Waals surface area contributed by atoms with E-state index >= 15 is 0 Å². The Balaban J connectivity index is 1.68. The number of hydrogen-bond acceptors (Lipinski definition) is 5. The Morgan fingerprint density at radius 3 is 2.96 bits per heavy atom. The van der Waals surface area contributed by atoms with Crippen molar-refractivity contribution in [2.45, 2.75) is 19.6 Å². The van der Waals surface area contributed by atoms with Crippen molar-refractivity contribution in [3.05, 3.63) is 35.9 Å². The molecule has 6 nitrogen and oxygen atoms in total. The van der Waals surface area contributed by atoms with E-state index in [0.29, 0.717) is 32.2 Å². The van der Waals surface area contributed by atoms with E-state index in [9.17, 15) is 4.79 Å². The van der Waals surface area contributed by atoms with Gasteiger partial charge < -0.3 is 24.4 Å². The van der Waals surface area contributed by atoms with Crippen molar-refractivity contribution in [2.75, 3.05) is 46.5 Å². The van der Waals surface area contributed by atoms with Crippen LogP contribution >= 0.6 is 0 Å². The lowest BCUT2D eigenvalue weighted by atomic mass is 10.2. The van der Waals surface area contributed by atoms with Gasteiger partial charge in [-0.2, -0.15) is 0 Å². The van der Waals surface area contributed by atoms with Gasteiger partial charge in [-0.15, -0.1) is 0 Å². The first-order chi connectivity index (χ1) is 11.7. The quantitative estimate of drug-likeness (QED) is 0.786. The minimum absolute atomic E-state index is 0.00206. The molecular formula is C18H28N2O4. The zero-order valence-corrected chi connectivity index (χ0v) is 14.6. The molecule has 2 unspecified atom stereocenters. The van der Waals surface area contributed by atoms with Crippen molar-refractivity contribution < 1.29 is 19.0 Å². The molecule has 1 aliphatic rings. The average Bonchev–Trinajstić information content (AvgIpc) is 2.61. The summed E-state index contributed by atoms with van der Waals surface area (Å²) in [6, 6.07) is 9.70. The fraction of sp³-hybridized carbons (Fsp3) is 0.611. The van der Waals surface area contributed by atoms with Crippen molar-refractivity contribution in [3.8, 4) is 0 Å². The number of rotatable bonds is 8. The lowest BCUT2D eigenvalue weighted by Crippen LogP contribution is -2.49. The van der Waals surface area contributed by atoms with Gasteiger partial charge in [-0.05, 0) is 18.0 Å². The second kappa shape index (κ2) is 10.3. The molecule has 1 aromatic carbocycles. The third-order valence-electron chi connectivity index (χ3n) is 3.92. The fourth-order valence-corrected chi connectivity index (χ4v) is 2.65. The summed E-state index contributed by atoms with van der Waals surface area (Å²) in [4.78, 5) is 13.9. The number of carbonyl (C=O) groups is 1. The Morgan fingerprint density at radius 1 is 1.42 bits per heavy atom. The highest BCUT2D eigenvalue weighted by atomic mass is 16.6. The number of benzene rings is 1. The molecule has 2 rings (SSSR count). The van der Waals surface area contributed by atoms with Crippen molar-refractivity contribution in [2.24, 2.45) is 5.92 Å². The maximum absolute atomic E-state index is 12.2. The molecule has 0 spiro atoms. The summed E-state index contributed by atoms with van der Waals surface area (Å²) in [5.74, 6) is 0.450. The highest BCUT2D eigenvalue weighted by Gasteiger charge is 2.25. The van der Waals surface area contributed by atoms with Gasteiger partial charge in [0.15, 0.2) is 0 Å². The molecule has 1 saturated heterocycles. The molecule has 134 valence electrons. The first-order valence-corrected chi connectivity index (χ1v) is 8.46. The Labute approximate surface area is 144 Å². The summed E-state index contributed by atoms with van der Waals surface area (Å²) in [6.45, 7) is 6.42. The van der Waals surface area contributed by atoms with E-state index in [0.717, 1.165) is 25.3 Å². The van der Waals surface area contributed by atoms with Gasteiger partial charge in [-0.1, -0.05) is 37.3 Å². The molecule has 0 bridgehead atoms. The van der Waals surface area contributed by atoms with Gasteiger partial charge in [0, 0.05) is 26.8 Å². The number of amides is 1. The van der Waals surface area contributed by atoms with Gasteiger partial charge >= 0.3 is 6.09 Å². The Hall–Kier alpha value is -1.63. The Bertz CT molecular complexity index is 483. The van der Waals surface area contributed by atoms with Crippen LogP contribution in [0.4, 0.5) is 4.79 Å². The number of ether oxygens (including phenoxy) is 3. The number of methoxy groups -OCH3 is 1. The lowest BCUT2D eigenvalue weighted by molar-refractivity contribution is -0.0274. The highest BCUT2D eigenvalue weighted by Crippen LogP contribution is 2.09. The molecule has 2 atom stereocenters. The summed E-state index contributed by atoms with van der Waals surface area (Å²) < 4.78 is 16.2. The monoisotopic (exact) mass is 336 g/mol. The predicted molar refractivity (Wildman–Crippen MR) is 91.8 cm³/mol.